The molecule has 124 valence electrons. The molecule has 0 atom stereocenters. The van der Waals surface area contributed by atoms with Crippen LogP contribution in [0.15, 0.2) is 55.2 Å². The van der Waals surface area contributed by atoms with Crippen LogP contribution in [0.25, 0.3) is 27.8 Å². The molecule has 0 amide bonds. The van der Waals surface area contributed by atoms with E-state index < -0.39 is 0 Å². The molecule has 4 heterocycles. The molecule has 0 saturated carbocycles. The summed E-state index contributed by atoms with van der Waals surface area (Å²) in [6.07, 6.45) is 7.41. The van der Waals surface area contributed by atoms with Crippen molar-refractivity contribution in [2.24, 2.45) is 0 Å². The Hall–Kier alpha value is -2.70. The third-order valence-corrected chi connectivity index (χ3v) is 4.76. The van der Waals surface area contributed by atoms with Gasteiger partial charge in [-0.25, -0.2) is 9.97 Å². The number of halogens is 1. The molecule has 0 bridgehead atoms. The van der Waals surface area contributed by atoms with Crippen molar-refractivity contribution in [1.29, 1.82) is 0 Å². The topological polar surface area (TPSA) is 57.8 Å². The van der Waals surface area contributed by atoms with E-state index in [4.69, 9.17) is 16.3 Å². The fourth-order valence-electron chi connectivity index (χ4n) is 3.08. The zero-order valence-electron chi connectivity index (χ0n) is 13.2. The van der Waals surface area contributed by atoms with Crippen LogP contribution in [0.1, 0.15) is 6.04 Å². The fraction of sp³-hybridized carbons (Fsp3) is 0.167. The quantitative estimate of drug-likeness (QED) is 0.530. The van der Waals surface area contributed by atoms with Crippen LogP contribution in [0.2, 0.25) is 5.15 Å². The molecule has 1 fully saturated rings. The maximum Gasteiger partial charge on any atom is 0.150 e. The summed E-state index contributed by atoms with van der Waals surface area (Å²) >= 11 is 6.41. The number of aromatic nitrogens is 5. The predicted molar refractivity (Wildman–Crippen MR) is 95.0 cm³/mol. The smallest absolute Gasteiger partial charge is 0.150 e. The van der Waals surface area contributed by atoms with Crippen molar-refractivity contribution in [3.8, 4) is 16.8 Å². The van der Waals surface area contributed by atoms with E-state index in [2.05, 4.69) is 15.1 Å². The summed E-state index contributed by atoms with van der Waals surface area (Å²) in [5.74, 6) is 0. The van der Waals surface area contributed by atoms with Gasteiger partial charge in [-0.3, -0.25) is 4.68 Å². The number of benzene rings is 1. The number of nitrogens with zero attached hydrogens (tertiary/aromatic N) is 5. The van der Waals surface area contributed by atoms with Gasteiger partial charge in [0.1, 0.15) is 17.1 Å². The number of ether oxygens (including phenoxy) is 1. The lowest BCUT2D eigenvalue weighted by Crippen LogP contribution is -2.30. The number of fused-ring (bicyclic) bond motifs is 1. The number of rotatable bonds is 3. The molecule has 3 aromatic heterocycles. The molecule has 7 heteroatoms. The van der Waals surface area contributed by atoms with E-state index in [9.17, 15) is 0 Å². The molecule has 1 aromatic carbocycles. The lowest BCUT2D eigenvalue weighted by Gasteiger charge is -2.25. The van der Waals surface area contributed by atoms with Crippen molar-refractivity contribution in [3.63, 3.8) is 0 Å². The maximum absolute atomic E-state index is 6.41. The lowest BCUT2D eigenvalue weighted by atomic mass is 10.1. The van der Waals surface area contributed by atoms with Crippen LogP contribution in [0, 0.1) is 0 Å². The molecule has 25 heavy (non-hydrogen) atoms. The Kier molecular flexibility index (Phi) is 3.33. The fourth-order valence-corrected chi connectivity index (χ4v) is 3.31. The lowest BCUT2D eigenvalue weighted by molar-refractivity contribution is -0.0286. The third kappa shape index (κ3) is 2.33. The van der Waals surface area contributed by atoms with Gasteiger partial charge in [-0.1, -0.05) is 29.8 Å². The molecule has 0 spiro atoms. The minimum atomic E-state index is 0.308. The second kappa shape index (κ2) is 5.68. The largest absolute Gasteiger partial charge is 0.377 e. The summed E-state index contributed by atoms with van der Waals surface area (Å²) in [4.78, 5) is 8.62. The van der Waals surface area contributed by atoms with E-state index >= 15 is 0 Å². The first-order valence-electron chi connectivity index (χ1n) is 8.00. The Labute approximate surface area is 148 Å². The van der Waals surface area contributed by atoms with Crippen LogP contribution in [-0.4, -0.2) is 37.5 Å². The second-order valence-corrected chi connectivity index (χ2v) is 6.37. The van der Waals surface area contributed by atoms with Crippen LogP contribution < -0.4 is 0 Å². The Morgan fingerprint density at radius 1 is 1.08 bits per heavy atom. The number of hydrogen-bond donors (Lipinski definition) is 0. The van der Waals surface area contributed by atoms with Crippen molar-refractivity contribution in [2.75, 3.05) is 13.2 Å². The standard InChI is InChI=1S/C18H14ClN5O/c19-17-16-15(12-6-22-24(7-12)14-9-25-10-14)8-23(18(16)21-11-20-17)13-4-2-1-3-5-13/h1-8,11,14H,9-10H2. The van der Waals surface area contributed by atoms with E-state index in [-0.39, 0.29) is 0 Å². The van der Waals surface area contributed by atoms with Crippen molar-refractivity contribution in [1.82, 2.24) is 24.3 Å². The summed E-state index contributed by atoms with van der Waals surface area (Å²) in [7, 11) is 0. The highest BCUT2D eigenvalue weighted by Gasteiger charge is 2.23. The van der Waals surface area contributed by atoms with Crippen LogP contribution in [0.4, 0.5) is 0 Å². The molecule has 0 unspecified atom stereocenters. The van der Waals surface area contributed by atoms with Crippen molar-refractivity contribution in [2.45, 2.75) is 6.04 Å². The van der Waals surface area contributed by atoms with Crippen LogP contribution >= 0.6 is 11.6 Å². The highest BCUT2D eigenvalue weighted by Crippen LogP contribution is 2.35. The van der Waals surface area contributed by atoms with Crippen LogP contribution in [0.3, 0.4) is 0 Å². The first-order chi connectivity index (χ1) is 12.3. The van der Waals surface area contributed by atoms with Crippen LogP contribution in [-0.2, 0) is 4.74 Å². The molecule has 0 aliphatic carbocycles. The molecular weight excluding hydrogens is 338 g/mol. The first-order valence-corrected chi connectivity index (χ1v) is 8.38. The van der Waals surface area contributed by atoms with Gasteiger partial charge in [-0.2, -0.15) is 5.10 Å². The highest BCUT2D eigenvalue weighted by molar-refractivity contribution is 6.35. The van der Waals surface area contributed by atoms with Crippen LogP contribution in [0.5, 0.6) is 0 Å². The molecule has 6 nitrogen and oxygen atoms in total. The maximum atomic E-state index is 6.41. The van der Waals surface area contributed by atoms with E-state index in [0.717, 1.165) is 27.8 Å². The van der Waals surface area contributed by atoms with E-state index in [1.54, 1.807) is 0 Å². The van der Waals surface area contributed by atoms with Gasteiger partial charge >= 0.3 is 0 Å². The summed E-state index contributed by atoms with van der Waals surface area (Å²) < 4.78 is 9.23. The summed E-state index contributed by atoms with van der Waals surface area (Å²) in [6.45, 7) is 1.41. The van der Waals surface area contributed by atoms with E-state index in [0.29, 0.717) is 24.4 Å². The Bertz CT molecular complexity index is 1050. The normalized spacial score (nSPS) is 14.8. The highest BCUT2D eigenvalue weighted by atomic mass is 35.5. The van der Waals surface area contributed by atoms with Gasteiger partial charge in [-0.15, -0.1) is 0 Å². The molecule has 1 saturated heterocycles. The summed E-state index contributed by atoms with van der Waals surface area (Å²) in [6, 6.07) is 10.4. The Morgan fingerprint density at radius 3 is 2.68 bits per heavy atom. The van der Waals surface area contributed by atoms with Gasteiger partial charge in [0, 0.05) is 29.2 Å². The SMILES string of the molecule is Clc1ncnc2c1c(-c1cnn(C3COC3)c1)cn2-c1ccccc1. The molecule has 1 aliphatic rings. The molecule has 1 aliphatic heterocycles. The van der Waals surface area contributed by atoms with Gasteiger partial charge < -0.3 is 9.30 Å². The van der Waals surface area contributed by atoms with Gasteiger partial charge in [-0.05, 0) is 12.1 Å². The zero-order chi connectivity index (χ0) is 16.8. The minimum absolute atomic E-state index is 0.308. The molecule has 5 rings (SSSR count). The monoisotopic (exact) mass is 351 g/mol. The van der Waals surface area contributed by atoms with E-state index in [1.807, 2.05) is 58.2 Å². The van der Waals surface area contributed by atoms with Gasteiger partial charge in [0.25, 0.3) is 0 Å². The summed E-state index contributed by atoms with van der Waals surface area (Å²) in [5, 5.41) is 5.75. The average Bonchev–Trinajstić information content (AvgIpc) is 3.20. The van der Waals surface area contributed by atoms with Gasteiger partial charge in [0.15, 0.2) is 0 Å². The Morgan fingerprint density at radius 2 is 1.92 bits per heavy atom. The van der Waals surface area contributed by atoms with Gasteiger partial charge in [0.2, 0.25) is 0 Å². The minimum Gasteiger partial charge on any atom is -0.377 e. The average molecular weight is 352 g/mol. The van der Waals surface area contributed by atoms with E-state index in [1.165, 1.54) is 6.33 Å². The molecule has 4 aromatic rings. The van der Waals surface area contributed by atoms with Crippen molar-refractivity contribution >= 4 is 22.6 Å². The number of para-hydroxylation sites is 1. The summed E-state index contributed by atoms with van der Waals surface area (Å²) in [5.41, 5.74) is 3.76. The third-order valence-electron chi connectivity index (χ3n) is 4.48. The zero-order valence-corrected chi connectivity index (χ0v) is 14.0. The van der Waals surface area contributed by atoms with Gasteiger partial charge in [0.05, 0.1) is 30.8 Å². The number of hydrogen-bond acceptors (Lipinski definition) is 4. The molecule has 0 N–H and O–H groups in total. The Balaban J connectivity index is 1.71. The van der Waals surface area contributed by atoms with Crippen molar-refractivity contribution in [3.05, 3.63) is 60.4 Å². The predicted octanol–water partition coefficient (Wildman–Crippen LogP) is 3.51. The van der Waals surface area contributed by atoms with Crippen molar-refractivity contribution < 1.29 is 4.74 Å². The molecular formula is C18H14ClN5O. The first kappa shape index (κ1) is 14.6. The molecule has 0 radical (unpaired) electrons. The second-order valence-electron chi connectivity index (χ2n) is 6.01.